The molecular formula is C24H49O. The minimum Gasteiger partial charge on any atom is -0.379 e. The van der Waals surface area contributed by atoms with E-state index >= 15 is 0 Å². The molecule has 0 fully saturated rings. The smallest absolute Gasteiger partial charge is 0.0832 e. The first-order chi connectivity index (χ1) is 12.4. The van der Waals surface area contributed by atoms with E-state index in [4.69, 9.17) is 4.74 Å². The van der Waals surface area contributed by atoms with Crippen LogP contribution >= 0.6 is 0 Å². The highest BCUT2D eigenvalue weighted by atomic mass is 16.5. The summed E-state index contributed by atoms with van der Waals surface area (Å²) in [6, 6.07) is 0. The van der Waals surface area contributed by atoms with E-state index in [1.165, 1.54) is 128 Å². The van der Waals surface area contributed by atoms with Crippen molar-refractivity contribution >= 4 is 0 Å². The summed E-state index contributed by atoms with van der Waals surface area (Å²) in [6.45, 7) is 4.22. The van der Waals surface area contributed by atoms with Crippen molar-refractivity contribution in [2.75, 3.05) is 7.11 Å². The summed E-state index contributed by atoms with van der Waals surface area (Å²) in [4.78, 5) is 0. The van der Waals surface area contributed by atoms with E-state index < -0.39 is 0 Å². The van der Waals surface area contributed by atoms with E-state index in [1.54, 1.807) is 7.11 Å². The second-order valence-corrected chi connectivity index (χ2v) is 7.91. The fourth-order valence-electron chi connectivity index (χ4n) is 3.60. The Hall–Kier alpha value is -0.0400. The van der Waals surface area contributed by atoms with Crippen molar-refractivity contribution in [1.29, 1.82) is 0 Å². The van der Waals surface area contributed by atoms with Gasteiger partial charge in [-0.1, -0.05) is 135 Å². The zero-order valence-corrected chi connectivity index (χ0v) is 17.8. The third kappa shape index (κ3) is 24.0. The van der Waals surface area contributed by atoms with Gasteiger partial charge in [-0.15, -0.1) is 0 Å². The summed E-state index contributed by atoms with van der Waals surface area (Å²) in [5.74, 6) is 0. The fraction of sp³-hybridized carbons (Fsp3) is 0.958. The van der Waals surface area contributed by atoms with Gasteiger partial charge in [0.05, 0.1) is 6.61 Å². The van der Waals surface area contributed by atoms with Gasteiger partial charge in [0.1, 0.15) is 0 Å². The highest BCUT2D eigenvalue weighted by Gasteiger charge is 1.95. The molecule has 0 aliphatic carbocycles. The first-order valence-electron chi connectivity index (χ1n) is 11.8. The van der Waals surface area contributed by atoms with Gasteiger partial charge in [-0.25, -0.2) is 0 Å². The second-order valence-electron chi connectivity index (χ2n) is 7.91. The molecule has 1 heteroatoms. The zero-order valence-electron chi connectivity index (χ0n) is 17.8. The van der Waals surface area contributed by atoms with Crippen LogP contribution in [0.3, 0.4) is 0 Å². The summed E-state index contributed by atoms with van der Waals surface area (Å²) in [7, 11) is 1.75. The molecule has 0 amide bonds. The Balaban J connectivity index is 2.94. The van der Waals surface area contributed by atoms with E-state index in [9.17, 15) is 0 Å². The van der Waals surface area contributed by atoms with Gasteiger partial charge in [0, 0.05) is 7.11 Å². The molecule has 1 nitrogen and oxygen atoms in total. The van der Waals surface area contributed by atoms with E-state index in [0.29, 0.717) is 0 Å². The summed E-state index contributed by atoms with van der Waals surface area (Å²) >= 11 is 0. The molecule has 0 rings (SSSR count). The lowest BCUT2D eigenvalue weighted by Crippen LogP contribution is -1.85. The zero-order chi connectivity index (χ0) is 18.3. The van der Waals surface area contributed by atoms with Crippen molar-refractivity contribution in [3.05, 3.63) is 6.61 Å². The Morgan fingerprint density at radius 2 is 0.720 bits per heavy atom. The van der Waals surface area contributed by atoms with E-state index in [-0.39, 0.29) is 0 Å². The Morgan fingerprint density at radius 1 is 0.440 bits per heavy atom. The number of ether oxygens (including phenoxy) is 1. The van der Waals surface area contributed by atoms with Gasteiger partial charge < -0.3 is 4.74 Å². The van der Waals surface area contributed by atoms with Gasteiger partial charge in [0.15, 0.2) is 0 Å². The average Bonchev–Trinajstić information content (AvgIpc) is 2.63. The normalized spacial score (nSPS) is 11.3. The largest absolute Gasteiger partial charge is 0.379 e. The molecule has 151 valence electrons. The molecule has 0 atom stereocenters. The average molecular weight is 354 g/mol. The maximum Gasteiger partial charge on any atom is 0.0832 e. The quantitative estimate of drug-likeness (QED) is 0.176. The molecule has 0 bridgehead atoms. The molecular weight excluding hydrogens is 304 g/mol. The molecule has 1 radical (unpaired) electrons. The Kier molecular flexibility index (Phi) is 23.9. The van der Waals surface area contributed by atoms with Crippen molar-refractivity contribution in [3.63, 3.8) is 0 Å². The van der Waals surface area contributed by atoms with Crippen LogP contribution in [0, 0.1) is 6.61 Å². The van der Waals surface area contributed by atoms with Crippen LogP contribution in [0.1, 0.15) is 142 Å². The van der Waals surface area contributed by atoms with Crippen LogP contribution < -0.4 is 0 Å². The second kappa shape index (κ2) is 24.0. The van der Waals surface area contributed by atoms with Gasteiger partial charge in [0.2, 0.25) is 0 Å². The molecule has 0 aromatic rings. The molecule has 0 saturated heterocycles. The van der Waals surface area contributed by atoms with E-state index in [1.807, 2.05) is 6.61 Å². The molecule has 0 aliphatic heterocycles. The molecule has 0 N–H and O–H groups in total. The summed E-state index contributed by atoms with van der Waals surface area (Å²) < 4.78 is 4.96. The van der Waals surface area contributed by atoms with Gasteiger partial charge in [-0.3, -0.25) is 0 Å². The molecule has 25 heavy (non-hydrogen) atoms. The van der Waals surface area contributed by atoms with Crippen LogP contribution in [0.5, 0.6) is 0 Å². The maximum absolute atomic E-state index is 4.96. The molecule has 0 unspecified atom stereocenters. The monoisotopic (exact) mass is 353 g/mol. The fourth-order valence-corrected chi connectivity index (χ4v) is 3.60. The summed E-state index contributed by atoms with van der Waals surface area (Å²) in [5, 5.41) is 0. The lowest BCUT2D eigenvalue weighted by atomic mass is 10.0. The molecule has 0 aliphatic rings. The molecule has 0 aromatic heterocycles. The predicted octanol–water partition coefficient (Wildman–Crippen LogP) is 9.01. The first kappa shape index (κ1) is 25.0. The highest BCUT2D eigenvalue weighted by Crippen LogP contribution is 2.15. The number of rotatable bonds is 22. The Labute approximate surface area is 160 Å². The number of hydrogen-bond donors (Lipinski definition) is 0. The summed E-state index contributed by atoms with van der Waals surface area (Å²) in [6.07, 6.45) is 30.1. The van der Waals surface area contributed by atoms with Gasteiger partial charge >= 0.3 is 0 Å². The van der Waals surface area contributed by atoms with Crippen LogP contribution in [-0.2, 0) is 4.74 Å². The topological polar surface area (TPSA) is 9.23 Å². The molecule has 0 spiro atoms. The van der Waals surface area contributed by atoms with Crippen LogP contribution in [0.4, 0.5) is 0 Å². The Morgan fingerprint density at radius 3 is 1.00 bits per heavy atom. The number of unbranched alkanes of at least 4 members (excludes halogenated alkanes) is 20. The summed E-state index contributed by atoms with van der Waals surface area (Å²) in [5.41, 5.74) is 0. The van der Waals surface area contributed by atoms with Crippen LogP contribution in [0.25, 0.3) is 0 Å². The van der Waals surface area contributed by atoms with Crippen LogP contribution in [0.15, 0.2) is 0 Å². The number of hydrogen-bond acceptors (Lipinski definition) is 1. The molecule has 0 aromatic carbocycles. The SMILES string of the molecule is CCCCCCCCCCCCCCCCCCCCCC[CH]OC. The van der Waals surface area contributed by atoms with Crippen LogP contribution in [0.2, 0.25) is 0 Å². The minimum absolute atomic E-state index is 1.12. The van der Waals surface area contributed by atoms with Gasteiger partial charge in [0.25, 0.3) is 0 Å². The lowest BCUT2D eigenvalue weighted by molar-refractivity contribution is 0.262. The van der Waals surface area contributed by atoms with Crippen molar-refractivity contribution in [2.24, 2.45) is 0 Å². The van der Waals surface area contributed by atoms with Crippen molar-refractivity contribution in [3.8, 4) is 0 Å². The van der Waals surface area contributed by atoms with Crippen molar-refractivity contribution < 1.29 is 4.74 Å². The molecule has 0 heterocycles. The molecule has 0 saturated carbocycles. The minimum atomic E-state index is 1.12. The standard InChI is InChI=1S/C24H49O/c1-3-4-5-6-7-8-9-10-11-12-13-14-15-16-17-18-19-20-21-22-23-24-25-2/h24H,3-23H2,1-2H3. The van der Waals surface area contributed by atoms with Crippen molar-refractivity contribution in [1.82, 2.24) is 0 Å². The van der Waals surface area contributed by atoms with Crippen LogP contribution in [-0.4, -0.2) is 7.11 Å². The van der Waals surface area contributed by atoms with Gasteiger partial charge in [-0.2, -0.15) is 0 Å². The van der Waals surface area contributed by atoms with Crippen molar-refractivity contribution in [2.45, 2.75) is 142 Å². The predicted molar refractivity (Wildman–Crippen MR) is 114 cm³/mol. The van der Waals surface area contributed by atoms with Gasteiger partial charge in [-0.05, 0) is 6.42 Å². The third-order valence-electron chi connectivity index (χ3n) is 5.34. The third-order valence-corrected chi connectivity index (χ3v) is 5.34. The van der Waals surface area contributed by atoms with E-state index in [0.717, 1.165) is 6.42 Å². The lowest BCUT2D eigenvalue weighted by Gasteiger charge is -2.04. The Bertz CT molecular complexity index is 192. The first-order valence-corrected chi connectivity index (χ1v) is 11.8. The van der Waals surface area contributed by atoms with E-state index in [2.05, 4.69) is 6.92 Å². The highest BCUT2D eigenvalue weighted by molar-refractivity contribution is 4.53. The maximum atomic E-state index is 4.96. The number of methoxy groups -OCH3 is 1.